The molecule has 3 aliphatic rings. The topological polar surface area (TPSA) is 79.3 Å². The molecule has 3 atom stereocenters. The van der Waals surface area contributed by atoms with Crippen LogP contribution in [0, 0.1) is 0 Å². The Bertz CT molecular complexity index is 751. The standard InChI is InChI=1S/C19H24N2O5/c1-12-7-13-8-14(3-4-16(13)17(22)26-12)19(2)11-21-6-5-20(18(23)24)9-15(21)10-25-19/h3-4,8,12,15H,5-7,9-11H2,1-2H3,(H,23,24)/t12-,15+,19+/m1/s1. The first-order valence-electron chi connectivity index (χ1n) is 9.06. The number of morpholine rings is 1. The van der Waals surface area contributed by atoms with Gasteiger partial charge < -0.3 is 19.5 Å². The van der Waals surface area contributed by atoms with Crippen molar-refractivity contribution in [2.24, 2.45) is 0 Å². The largest absolute Gasteiger partial charge is 0.465 e. The molecule has 140 valence electrons. The summed E-state index contributed by atoms with van der Waals surface area (Å²) in [6, 6.07) is 5.95. The van der Waals surface area contributed by atoms with E-state index in [4.69, 9.17) is 9.47 Å². The Labute approximate surface area is 152 Å². The quantitative estimate of drug-likeness (QED) is 0.768. The van der Waals surface area contributed by atoms with Crippen LogP contribution < -0.4 is 0 Å². The van der Waals surface area contributed by atoms with Crippen molar-refractivity contribution in [1.82, 2.24) is 9.80 Å². The van der Waals surface area contributed by atoms with Gasteiger partial charge in [-0.15, -0.1) is 0 Å². The number of carboxylic acid groups (broad SMARTS) is 1. The van der Waals surface area contributed by atoms with Crippen molar-refractivity contribution in [2.45, 2.75) is 38.0 Å². The number of ether oxygens (including phenoxy) is 2. The summed E-state index contributed by atoms with van der Waals surface area (Å²) in [5.74, 6) is -0.259. The van der Waals surface area contributed by atoms with E-state index in [1.807, 2.05) is 19.1 Å². The van der Waals surface area contributed by atoms with Crippen LogP contribution in [0.2, 0.25) is 0 Å². The van der Waals surface area contributed by atoms with Crippen LogP contribution in [0.4, 0.5) is 4.79 Å². The van der Waals surface area contributed by atoms with Crippen molar-refractivity contribution in [1.29, 1.82) is 0 Å². The van der Waals surface area contributed by atoms with Crippen LogP contribution in [0.3, 0.4) is 0 Å². The minimum atomic E-state index is -0.867. The molecule has 2 fully saturated rings. The molecule has 7 nitrogen and oxygen atoms in total. The molecule has 1 N–H and O–H groups in total. The average molecular weight is 360 g/mol. The molecule has 0 unspecified atom stereocenters. The molecule has 0 saturated carbocycles. The highest BCUT2D eigenvalue weighted by Gasteiger charge is 2.42. The van der Waals surface area contributed by atoms with E-state index < -0.39 is 11.7 Å². The van der Waals surface area contributed by atoms with E-state index in [1.165, 1.54) is 4.90 Å². The highest BCUT2D eigenvalue weighted by atomic mass is 16.5. The van der Waals surface area contributed by atoms with Gasteiger partial charge in [0.25, 0.3) is 0 Å². The lowest BCUT2D eigenvalue weighted by Gasteiger charge is -2.49. The van der Waals surface area contributed by atoms with Crippen LogP contribution in [0.15, 0.2) is 18.2 Å². The zero-order valence-electron chi connectivity index (χ0n) is 15.1. The number of piperazine rings is 1. The number of amides is 1. The fourth-order valence-corrected chi connectivity index (χ4v) is 4.21. The first-order chi connectivity index (χ1) is 12.4. The summed E-state index contributed by atoms with van der Waals surface area (Å²) >= 11 is 0. The van der Waals surface area contributed by atoms with Crippen LogP contribution in [-0.2, 0) is 21.5 Å². The second-order valence-electron chi connectivity index (χ2n) is 7.69. The van der Waals surface area contributed by atoms with Gasteiger partial charge in [0.1, 0.15) is 11.7 Å². The third-order valence-corrected chi connectivity index (χ3v) is 5.73. The minimum Gasteiger partial charge on any atom is -0.465 e. The maximum absolute atomic E-state index is 12.0. The lowest BCUT2D eigenvalue weighted by Crippen LogP contribution is -2.62. The number of cyclic esters (lactones) is 1. The number of carbonyl (C=O) groups is 2. The number of esters is 1. The van der Waals surface area contributed by atoms with Gasteiger partial charge in [-0.1, -0.05) is 12.1 Å². The van der Waals surface area contributed by atoms with Crippen molar-refractivity contribution in [3.8, 4) is 0 Å². The highest BCUT2D eigenvalue weighted by Crippen LogP contribution is 2.35. The van der Waals surface area contributed by atoms with Crippen LogP contribution in [0.1, 0.15) is 35.3 Å². The van der Waals surface area contributed by atoms with Gasteiger partial charge in [0, 0.05) is 32.6 Å². The van der Waals surface area contributed by atoms with Gasteiger partial charge in [-0.3, -0.25) is 4.90 Å². The molecule has 7 heteroatoms. The van der Waals surface area contributed by atoms with E-state index in [0.717, 1.165) is 11.1 Å². The van der Waals surface area contributed by atoms with Gasteiger partial charge in [-0.05, 0) is 31.0 Å². The summed E-state index contributed by atoms with van der Waals surface area (Å²) in [6.07, 6.45) is -0.266. The number of fused-ring (bicyclic) bond motifs is 2. The smallest absolute Gasteiger partial charge is 0.407 e. The Morgan fingerprint density at radius 3 is 2.92 bits per heavy atom. The molecule has 0 spiro atoms. The van der Waals surface area contributed by atoms with Gasteiger partial charge in [0.15, 0.2) is 0 Å². The predicted octanol–water partition coefficient (Wildman–Crippen LogP) is 1.70. The summed E-state index contributed by atoms with van der Waals surface area (Å²) in [7, 11) is 0. The first kappa shape index (κ1) is 17.3. The van der Waals surface area contributed by atoms with Gasteiger partial charge in [0.2, 0.25) is 0 Å². The van der Waals surface area contributed by atoms with Crippen molar-refractivity contribution >= 4 is 12.1 Å². The van der Waals surface area contributed by atoms with Gasteiger partial charge in [-0.25, -0.2) is 9.59 Å². The molecule has 2 saturated heterocycles. The zero-order valence-corrected chi connectivity index (χ0v) is 15.1. The third-order valence-electron chi connectivity index (χ3n) is 5.73. The van der Waals surface area contributed by atoms with E-state index in [-0.39, 0.29) is 18.1 Å². The molecule has 1 amide bonds. The number of hydrogen-bond donors (Lipinski definition) is 1. The Kier molecular flexibility index (Phi) is 4.16. The summed E-state index contributed by atoms with van der Waals surface area (Å²) in [5.41, 5.74) is 2.23. The molecule has 1 aromatic carbocycles. The molecule has 0 radical (unpaired) electrons. The third kappa shape index (κ3) is 2.95. The minimum absolute atomic E-state index is 0.0977. The van der Waals surface area contributed by atoms with Crippen molar-refractivity contribution < 1.29 is 24.2 Å². The Morgan fingerprint density at radius 2 is 2.15 bits per heavy atom. The molecular weight excluding hydrogens is 336 g/mol. The summed E-state index contributed by atoms with van der Waals surface area (Å²) in [4.78, 5) is 27.0. The molecule has 3 aliphatic heterocycles. The van der Waals surface area contributed by atoms with Crippen LogP contribution >= 0.6 is 0 Å². The monoisotopic (exact) mass is 360 g/mol. The summed E-state index contributed by atoms with van der Waals surface area (Å²) in [6.45, 7) is 6.90. The lowest BCUT2D eigenvalue weighted by molar-refractivity contribution is -0.143. The lowest BCUT2D eigenvalue weighted by atomic mass is 9.87. The van der Waals surface area contributed by atoms with Crippen molar-refractivity contribution in [3.05, 3.63) is 34.9 Å². The van der Waals surface area contributed by atoms with E-state index >= 15 is 0 Å². The molecule has 3 heterocycles. The van der Waals surface area contributed by atoms with E-state index in [2.05, 4.69) is 17.9 Å². The second kappa shape index (κ2) is 6.25. The number of rotatable bonds is 1. The fraction of sp³-hybridized carbons (Fsp3) is 0.579. The maximum atomic E-state index is 12.0. The van der Waals surface area contributed by atoms with E-state index in [9.17, 15) is 14.7 Å². The van der Waals surface area contributed by atoms with E-state index in [0.29, 0.717) is 44.8 Å². The van der Waals surface area contributed by atoms with Crippen LogP contribution in [-0.4, -0.2) is 71.9 Å². The van der Waals surface area contributed by atoms with Gasteiger partial charge in [0.05, 0.1) is 18.2 Å². The fourth-order valence-electron chi connectivity index (χ4n) is 4.21. The molecule has 1 aromatic rings. The summed E-state index contributed by atoms with van der Waals surface area (Å²) in [5, 5.41) is 9.19. The Hall–Kier alpha value is -2.12. The SMILES string of the molecule is C[C@@H]1Cc2cc([C@]3(C)CN4CCN(C(=O)O)C[C@H]4CO3)ccc2C(=O)O1. The van der Waals surface area contributed by atoms with Gasteiger partial charge in [-0.2, -0.15) is 0 Å². The van der Waals surface area contributed by atoms with Crippen molar-refractivity contribution in [2.75, 3.05) is 32.8 Å². The average Bonchev–Trinajstić information content (AvgIpc) is 2.60. The number of nitrogens with zero attached hydrogens (tertiary/aromatic N) is 2. The Balaban J connectivity index is 1.55. The Morgan fingerprint density at radius 1 is 1.35 bits per heavy atom. The molecule has 26 heavy (non-hydrogen) atoms. The highest BCUT2D eigenvalue weighted by molar-refractivity contribution is 5.92. The van der Waals surface area contributed by atoms with E-state index in [1.54, 1.807) is 0 Å². The van der Waals surface area contributed by atoms with Crippen LogP contribution in [0.25, 0.3) is 0 Å². The number of carbonyl (C=O) groups excluding carboxylic acids is 1. The summed E-state index contributed by atoms with van der Waals surface area (Å²) < 4.78 is 11.5. The normalized spacial score (nSPS) is 31.8. The van der Waals surface area contributed by atoms with Gasteiger partial charge >= 0.3 is 12.1 Å². The molecule has 4 rings (SSSR count). The molecule has 0 bridgehead atoms. The predicted molar refractivity (Wildman–Crippen MR) is 93.3 cm³/mol. The van der Waals surface area contributed by atoms with Crippen molar-refractivity contribution in [3.63, 3.8) is 0 Å². The maximum Gasteiger partial charge on any atom is 0.407 e. The first-order valence-corrected chi connectivity index (χ1v) is 9.06. The zero-order chi connectivity index (χ0) is 18.5. The molecular formula is C19H24N2O5. The molecule has 0 aromatic heterocycles. The van der Waals surface area contributed by atoms with Crippen LogP contribution in [0.5, 0.6) is 0 Å². The molecule has 0 aliphatic carbocycles. The number of benzene rings is 1. The second-order valence-corrected chi connectivity index (χ2v) is 7.69. The number of hydrogen-bond acceptors (Lipinski definition) is 5.